The number of carbonyl (C=O) groups excluding carboxylic acids is 2. The number of amides is 3. The Kier molecular flexibility index (Phi) is 3.82. The van der Waals surface area contributed by atoms with E-state index in [0.717, 1.165) is 16.2 Å². The molecule has 0 saturated carbocycles. The SMILES string of the molecule is Cc1ccccc1OCCN1C(=O)N[C@@](C)(c2ccco2)C1=O. The predicted octanol–water partition coefficient (Wildman–Crippen LogP) is 2.43. The van der Waals surface area contributed by atoms with Crippen LogP contribution in [0.3, 0.4) is 0 Å². The summed E-state index contributed by atoms with van der Waals surface area (Å²) in [5.74, 6) is 0.817. The number of urea groups is 1. The molecular weight excluding hydrogens is 296 g/mol. The third-order valence-corrected chi connectivity index (χ3v) is 3.95. The van der Waals surface area contributed by atoms with Crippen LogP contribution >= 0.6 is 0 Å². The highest BCUT2D eigenvalue weighted by Crippen LogP contribution is 2.29. The first-order valence-electron chi connectivity index (χ1n) is 7.39. The maximum absolute atomic E-state index is 12.6. The van der Waals surface area contributed by atoms with E-state index < -0.39 is 11.6 Å². The maximum Gasteiger partial charge on any atom is 0.325 e. The molecule has 1 fully saturated rings. The van der Waals surface area contributed by atoms with E-state index in [1.54, 1.807) is 19.1 Å². The third kappa shape index (κ3) is 2.67. The van der Waals surface area contributed by atoms with Crippen LogP contribution in [0, 0.1) is 6.92 Å². The predicted molar refractivity (Wildman–Crippen MR) is 83.0 cm³/mol. The molecule has 0 bridgehead atoms. The summed E-state index contributed by atoms with van der Waals surface area (Å²) in [5.41, 5.74) is -0.159. The molecule has 1 aliphatic heterocycles. The van der Waals surface area contributed by atoms with E-state index in [4.69, 9.17) is 9.15 Å². The smallest absolute Gasteiger partial charge is 0.325 e. The van der Waals surface area contributed by atoms with Gasteiger partial charge in [0.1, 0.15) is 18.1 Å². The summed E-state index contributed by atoms with van der Waals surface area (Å²) in [4.78, 5) is 25.8. The first-order valence-corrected chi connectivity index (χ1v) is 7.39. The lowest BCUT2D eigenvalue weighted by molar-refractivity contribution is -0.131. The van der Waals surface area contributed by atoms with Gasteiger partial charge in [0.25, 0.3) is 5.91 Å². The second-order valence-corrected chi connectivity index (χ2v) is 5.60. The van der Waals surface area contributed by atoms with Crippen molar-refractivity contribution in [2.75, 3.05) is 13.2 Å². The number of carbonyl (C=O) groups is 2. The molecule has 2 aromatic rings. The fraction of sp³-hybridized carbons (Fsp3) is 0.294. The number of nitrogens with zero attached hydrogens (tertiary/aromatic N) is 1. The standard InChI is InChI=1S/C17H18N2O4/c1-12-6-3-4-7-13(12)22-11-9-19-15(20)17(2,18-16(19)21)14-8-5-10-23-14/h3-8,10H,9,11H2,1-2H3,(H,18,21)/t17-/m0/s1. The van der Waals surface area contributed by atoms with Gasteiger partial charge in [-0.05, 0) is 37.6 Å². The Morgan fingerprint density at radius 3 is 2.70 bits per heavy atom. The molecule has 1 aromatic carbocycles. The van der Waals surface area contributed by atoms with Gasteiger partial charge in [-0.1, -0.05) is 18.2 Å². The van der Waals surface area contributed by atoms with Crippen LogP contribution in [0.25, 0.3) is 0 Å². The lowest BCUT2D eigenvalue weighted by Crippen LogP contribution is -2.41. The molecule has 6 nitrogen and oxygen atoms in total. The average molecular weight is 314 g/mol. The topological polar surface area (TPSA) is 71.8 Å². The van der Waals surface area contributed by atoms with Gasteiger partial charge in [0.05, 0.1) is 12.8 Å². The van der Waals surface area contributed by atoms with Crippen molar-refractivity contribution < 1.29 is 18.7 Å². The van der Waals surface area contributed by atoms with Crippen molar-refractivity contribution in [2.24, 2.45) is 0 Å². The number of benzene rings is 1. The van der Waals surface area contributed by atoms with E-state index in [9.17, 15) is 9.59 Å². The summed E-state index contributed by atoms with van der Waals surface area (Å²) in [6.45, 7) is 3.98. The van der Waals surface area contributed by atoms with Crippen LogP contribution < -0.4 is 10.1 Å². The van der Waals surface area contributed by atoms with Crippen molar-refractivity contribution in [1.82, 2.24) is 10.2 Å². The van der Waals surface area contributed by atoms with Crippen LogP contribution in [0.4, 0.5) is 4.79 Å². The molecule has 6 heteroatoms. The van der Waals surface area contributed by atoms with Crippen LogP contribution in [0.2, 0.25) is 0 Å². The highest BCUT2D eigenvalue weighted by Gasteiger charge is 2.50. The molecule has 1 aliphatic rings. The molecular formula is C17H18N2O4. The van der Waals surface area contributed by atoms with Crippen LogP contribution in [-0.2, 0) is 10.3 Å². The quantitative estimate of drug-likeness (QED) is 0.860. The Balaban J connectivity index is 1.66. The number of hydrogen-bond acceptors (Lipinski definition) is 4. The fourth-order valence-electron chi connectivity index (χ4n) is 2.60. The number of imide groups is 1. The number of hydrogen-bond donors (Lipinski definition) is 1. The summed E-state index contributed by atoms with van der Waals surface area (Å²) in [6, 6.07) is 10.5. The molecule has 1 saturated heterocycles. The van der Waals surface area contributed by atoms with Gasteiger partial charge in [-0.25, -0.2) is 4.79 Å². The van der Waals surface area contributed by atoms with E-state index in [1.165, 1.54) is 6.26 Å². The summed E-state index contributed by atoms with van der Waals surface area (Å²) in [6.07, 6.45) is 1.48. The van der Waals surface area contributed by atoms with Gasteiger partial charge >= 0.3 is 6.03 Å². The Hall–Kier alpha value is -2.76. The van der Waals surface area contributed by atoms with Crippen LogP contribution in [0.5, 0.6) is 5.75 Å². The van der Waals surface area contributed by atoms with Crippen LogP contribution in [0.1, 0.15) is 18.2 Å². The van der Waals surface area contributed by atoms with Gasteiger partial charge in [0.15, 0.2) is 5.54 Å². The minimum Gasteiger partial charge on any atom is -0.491 e. The largest absolute Gasteiger partial charge is 0.491 e. The zero-order valence-electron chi connectivity index (χ0n) is 13.0. The summed E-state index contributed by atoms with van der Waals surface area (Å²) >= 11 is 0. The first-order chi connectivity index (χ1) is 11.0. The van der Waals surface area contributed by atoms with Crippen molar-refractivity contribution in [3.05, 3.63) is 54.0 Å². The van der Waals surface area contributed by atoms with E-state index in [1.807, 2.05) is 31.2 Å². The van der Waals surface area contributed by atoms with Crippen molar-refractivity contribution >= 4 is 11.9 Å². The molecule has 23 heavy (non-hydrogen) atoms. The fourth-order valence-corrected chi connectivity index (χ4v) is 2.60. The molecule has 1 atom stereocenters. The Morgan fingerprint density at radius 1 is 1.22 bits per heavy atom. The number of nitrogens with one attached hydrogen (secondary N) is 1. The molecule has 0 unspecified atom stereocenters. The molecule has 120 valence electrons. The zero-order chi connectivity index (χ0) is 16.4. The summed E-state index contributed by atoms with van der Waals surface area (Å²) < 4.78 is 10.9. The van der Waals surface area contributed by atoms with E-state index in [0.29, 0.717) is 5.76 Å². The number of ether oxygens (including phenoxy) is 1. The van der Waals surface area contributed by atoms with Gasteiger partial charge in [-0.2, -0.15) is 0 Å². The number of para-hydroxylation sites is 1. The zero-order valence-corrected chi connectivity index (χ0v) is 13.0. The molecule has 0 aliphatic carbocycles. The summed E-state index contributed by atoms with van der Waals surface area (Å²) in [7, 11) is 0. The van der Waals surface area contributed by atoms with Gasteiger partial charge in [-0.15, -0.1) is 0 Å². The van der Waals surface area contributed by atoms with Gasteiger partial charge < -0.3 is 14.5 Å². The van der Waals surface area contributed by atoms with Crippen LogP contribution in [-0.4, -0.2) is 30.0 Å². The average Bonchev–Trinajstić information content (AvgIpc) is 3.13. The lowest BCUT2D eigenvalue weighted by Gasteiger charge is -2.19. The molecule has 3 amide bonds. The molecule has 1 aromatic heterocycles. The van der Waals surface area contributed by atoms with Gasteiger partial charge in [-0.3, -0.25) is 9.69 Å². The van der Waals surface area contributed by atoms with Crippen molar-refractivity contribution in [3.63, 3.8) is 0 Å². The van der Waals surface area contributed by atoms with E-state index in [2.05, 4.69) is 5.32 Å². The number of rotatable bonds is 5. The van der Waals surface area contributed by atoms with E-state index in [-0.39, 0.29) is 19.1 Å². The number of furan rings is 1. The molecule has 0 spiro atoms. The molecule has 1 N–H and O–H groups in total. The Labute approximate surface area is 134 Å². The first kappa shape index (κ1) is 15.1. The van der Waals surface area contributed by atoms with Crippen molar-refractivity contribution in [1.29, 1.82) is 0 Å². The lowest BCUT2D eigenvalue weighted by atomic mass is 9.99. The van der Waals surface area contributed by atoms with Gasteiger partial charge in [0, 0.05) is 0 Å². The normalized spacial score (nSPS) is 20.7. The summed E-state index contributed by atoms with van der Waals surface area (Å²) in [5, 5.41) is 2.68. The maximum atomic E-state index is 12.6. The second-order valence-electron chi connectivity index (χ2n) is 5.60. The van der Waals surface area contributed by atoms with Crippen molar-refractivity contribution in [3.8, 4) is 5.75 Å². The number of aryl methyl sites for hydroxylation is 1. The van der Waals surface area contributed by atoms with Gasteiger partial charge in [0.2, 0.25) is 0 Å². The highest BCUT2D eigenvalue weighted by atomic mass is 16.5. The van der Waals surface area contributed by atoms with E-state index >= 15 is 0 Å². The third-order valence-electron chi connectivity index (χ3n) is 3.95. The minimum absolute atomic E-state index is 0.176. The Bertz CT molecular complexity index is 726. The van der Waals surface area contributed by atoms with Crippen LogP contribution in [0.15, 0.2) is 47.1 Å². The molecule has 2 heterocycles. The molecule has 3 rings (SSSR count). The molecule has 0 radical (unpaired) electrons. The monoisotopic (exact) mass is 314 g/mol. The highest BCUT2D eigenvalue weighted by molar-refractivity contribution is 6.06. The van der Waals surface area contributed by atoms with Crippen molar-refractivity contribution in [2.45, 2.75) is 19.4 Å². The minimum atomic E-state index is -1.16. The Morgan fingerprint density at radius 2 is 2.00 bits per heavy atom. The second kappa shape index (κ2) is 5.79.